The molecule has 0 radical (unpaired) electrons. The molecule has 0 saturated carbocycles. The Balaban J connectivity index is 1.56. The second kappa shape index (κ2) is 11.0. The van der Waals surface area contributed by atoms with Crippen molar-refractivity contribution in [2.24, 2.45) is 0 Å². The molecule has 0 spiro atoms. The molecule has 37 heavy (non-hydrogen) atoms. The zero-order valence-corrected chi connectivity index (χ0v) is 20.7. The predicted molar refractivity (Wildman–Crippen MR) is 139 cm³/mol. The second-order valence-electron chi connectivity index (χ2n) is 8.03. The number of carbonyl (C=O) groups is 4. The van der Waals surface area contributed by atoms with E-state index in [9.17, 15) is 19.2 Å². The average molecular weight is 520 g/mol. The van der Waals surface area contributed by atoms with Gasteiger partial charge in [-0.3, -0.25) is 19.7 Å². The second-order valence-corrected chi connectivity index (χ2v) is 8.44. The van der Waals surface area contributed by atoms with Crippen molar-refractivity contribution < 1.29 is 28.7 Å². The molecule has 0 aliphatic carbocycles. The first kappa shape index (κ1) is 25.5. The van der Waals surface area contributed by atoms with Crippen LogP contribution in [-0.4, -0.2) is 37.5 Å². The number of imide groups is 2. The fraction of sp³-hybridized carbons (Fsp3) is 0.111. The molecule has 3 aromatic carbocycles. The molecule has 9 nitrogen and oxygen atoms in total. The maximum Gasteiger partial charge on any atom is 0.335 e. The molecule has 188 valence electrons. The van der Waals surface area contributed by atoms with Crippen molar-refractivity contribution in [1.29, 1.82) is 0 Å². The molecule has 1 saturated heterocycles. The van der Waals surface area contributed by atoms with Crippen LogP contribution in [0.3, 0.4) is 0 Å². The minimum atomic E-state index is -0.843. The molecule has 0 bridgehead atoms. The van der Waals surface area contributed by atoms with E-state index in [4.69, 9.17) is 21.1 Å². The molecule has 1 aliphatic heterocycles. The average Bonchev–Trinajstić information content (AvgIpc) is 2.87. The van der Waals surface area contributed by atoms with Crippen molar-refractivity contribution >= 4 is 52.8 Å². The van der Waals surface area contributed by atoms with E-state index < -0.39 is 23.8 Å². The van der Waals surface area contributed by atoms with E-state index in [0.717, 1.165) is 10.5 Å². The number of ether oxygens (including phenoxy) is 2. The number of hydrogen-bond donors (Lipinski definition) is 2. The van der Waals surface area contributed by atoms with Crippen LogP contribution in [0.1, 0.15) is 11.1 Å². The van der Waals surface area contributed by atoms with Gasteiger partial charge in [0.25, 0.3) is 17.7 Å². The van der Waals surface area contributed by atoms with Gasteiger partial charge < -0.3 is 14.8 Å². The van der Waals surface area contributed by atoms with E-state index in [-0.39, 0.29) is 28.7 Å². The summed E-state index contributed by atoms with van der Waals surface area (Å²) in [6.45, 7) is 1.54. The Morgan fingerprint density at radius 1 is 1.05 bits per heavy atom. The number of hydrogen-bond acceptors (Lipinski definition) is 6. The van der Waals surface area contributed by atoms with E-state index in [1.54, 1.807) is 48.5 Å². The zero-order valence-electron chi connectivity index (χ0n) is 19.9. The summed E-state index contributed by atoms with van der Waals surface area (Å²) in [5.41, 5.74) is 1.96. The minimum absolute atomic E-state index is 0.0915. The third-order valence-electron chi connectivity index (χ3n) is 5.36. The maximum atomic E-state index is 13.1. The van der Waals surface area contributed by atoms with Gasteiger partial charge in [-0.1, -0.05) is 47.5 Å². The molecule has 0 atom stereocenters. The molecule has 1 heterocycles. The normalized spacial score (nSPS) is 14.4. The van der Waals surface area contributed by atoms with Crippen LogP contribution >= 0.6 is 11.6 Å². The van der Waals surface area contributed by atoms with Crippen LogP contribution in [0, 0.1) is 6.92 Å². The van der Waals surface area contributed by atoms with E-state index in [1.165, 1.54) is 25.3 Å². The summed E-state index contributed by atoms with van der Waals surface area (Å²) in [7, 11) is 1.38. The van der Waals surface area contributed by atoms with Gasteiger partial charge in [-0.2, -0.15) is 0 Å². The fourth-order valence-electron chi connectivity index (χ4n) is 3.57. The van der Waals surface area contributed by atoms with Gasteiger partial charge >= 0.3 is 6.03 Å². The number of urea groups is 1. The number of benzene rings is 3. The van der Waals surface area contributed by atoms with Crippen molar-refractivity contribution in [1.82, 2.24) is 5.32 Å². The number of nitrogens with zero attached hydrogens (tertiary/aromatic N) is 1. The van der Waals surface area contributed by atoms with Crippen LogP contribution < -0.4 is 25.0 Å². The van der Waals surface area contributed by atoms with Gasteiger partial charge in [-0.05, 0) is 55.0 Å². The number of carbonyl (C=O) groups excluding carboxylic acids is 4. The first-order valence-corrected chi connectivity index (χ1v) is 11.5. The first-order valence-electron chi connectivity index (χ1n) is 11.1. The molecule has 3 aromatic rings. The van der Waals surface area contributed by atoms with Crippen LogP contribution in [0.4, 0.5) is 16.2 Å². The van der Waals surface area contributed by atoms with Crippen LogP contribution in [0.2, 0.25) is 5.02 Å². The Morgan fingerprint density at radius 2 is 1.76 bits per heavy atom. The smallest absolute Gasteiger partial charge is 0.335 e. The molecule has 1 aliphatic rings. The van der Waals surface area contributed by atoms with Crippen molar-refractivity contribution in [3.63, 3.8) is 0 Å². The van der Waals surface area contributed by atoms with Crippen LogP contribution in [0.25, 0.3) is 6.08 Å². The molecule has 5 amide bonds. The summed E-state index contributed by atoms with van der Waals surface area (Å²) >= 11 is 6.39. The van der Waals surface area contributed by atoms with Gasteiger partial charge in [0, 0.05) is 5.69 Å². The minimum Gasteiger partial charge on any atom is -0.493 e. The number of barbiturate groups is 1. The number of amides is 5. The highest BCUT2D eigenvalue weighted by Gasteiger charge is 2.36. The Bertz CT molecular complexity index is 1400. The molecular weight excluding hydrogens is 498 g/mol. The van der Waals surface area contributed by atoms with Crippen molar-refractivity contribution in [2.45, 2.75) is 6.92 Å². The van der Waals surface area contributed by atoms with E-state index in [0.29, 0.717) is 16.9 Å². The molecular formula is C27H22ClN3O6. The summed E-state index contributed by atoms with van der Waals surface area (Å²) in [4.78, 5) is 51.1. The van der Waals surface area contributed by atoms with E-state index in [2.05, 4.69) is 10.6 Å². The highest BCUT2D eigenvalue weighted by atomic mass is 35.5. The van der Waals surface area contributed by atoms with Gasteiger partial charge in [0.2, 0.25) is 0 Å². The largest absolute Gasteiger partial charge is 0.493 e. The molecule has 1 fully saturated rings. The zero-order chi connectivity index (χ0) is 26.5. The lowest BCUT2D eigenvalue weighted by Gasteiger charge is -2.26. The number of methoxy groups -OCH3 is 1. The van der Waals surface area contributed by atoms with E-state index >= 15 is 0 Å². The summed E-state index contributed by atoms with van der Waals surface area (Å²) in [5.74, 6) is -1.73. The lowest BCUT2D eigenvalue weighted by atomic mass is 10.1. The SMILES string of the molecule is COc1cc(/C=C2\C(=O)NC(=O)N(c3ccc(C)cc3)C2=O)cc(Cl)c1OCC(=O)Nc1ccccc1. The van der Waals surface area contributed by atoms with Crippen LogP contribution in [-0.2, 0) is 14.4 Å². The van der Waals surface area contributed by atoms with Crippen LogP contribution in [0.15, 0.2) is 72.3 Å². The van der Waals surface area contributed by atoms with Gasteiger partial charge in [0.05, 0.1) is 17.8 Å². The van der Waals surface area contributed by atoms with Crippen molar-refractivity contribution in [3.8, 4) is 11.5 Å². The summed E-state index contributed by atoms with van der Waals surface area (Å²) < 4.78 is 10.9. The Hall–Kier alpha value is -4.63. The summed E-state index contributed by atoms with van der Waals surface area (Å²) in [5, 5.41) is 4.96. The maximum absolute atomic E-state index is 13.1. The molecule has 4 rings (SSSR count). The van der Waals surface area contributed by atoms with Crippen LogP contribution in [0.5, 0.6) is 11.5 Å². The lowest BCUT2D eigenvalue weighted by Crippen LogP contribution is -2.54. The highest BCUT2D eigenvalue weighted by Crippen LogP contribution is 2.37. The lowest BCUT2D eigenvalue weighted by molar-refractivity contribution is -0.122. The molecule has 0 unspecified atom stereocenters. The Kier molecular flexibility index (Phi) is 7.55. The van der Waals surface area contributed by atoms with E-state index in [1.807, 2.05) is 13.0 Å². The predicted octanol–water partition coefficient (Wildman–Crippen LogP) is 4.34. The summed E-state index contributed by atoms with van der Waals surface area (Å²) in [6.07, 6.45) is 1.30. The van der Waals surface area contributed by atoms with Gasteiger partial charge in [0.1, 0.15) is 5.57 Å². The molecule has 2 N–H and O–H groups in total. The Morgan fingerprint density at radius 3 is 2.43 bits per heavy atom. The standard InChI is InChI=1S/C27H22ClN3O6/c1-16-8-10-19(11-9-16)31-26(34)20(25(33)30-27(31)35)12-17-13-21(28)24(22(14-17)36-2)37-15-23(32)29-18-6-4-3-5-7-18/h3-14H,15H2,1-2H3,(H,29,32)(H,30,33,35)/b20-12+. The van der Waals surface area contributed by atoms with Crippen molar-refractivity contribution in [3.05, 3.63) is 88.5 Å². The van der Waals surface area contributed by atoms with Gasteiger partial charge in [0.15, 0.2) is 18.1 Å². The number of rotatable bonds is 7. The third-order valence-corrected chi connectivity index (χ3v) is 5.64. The monoisotopic (exact) mass is 519 g/mol. The number of anilines is 2. The quantitative estimate of drug-likeness (QED) is 0.354. The molecule has 0 aromatic heterocycles. The third kappa shape index (κ3) is 5.79. The number of nitrogens with one attached hydrogen (secondary N) is 2. The first-order chi connectivity index (χ1) is 17.8. The highest BCUT2D eigenvalue weighted by molar-refractivity contribution is 6.39. The fourth-order valence-corrected chi connectivity index (χ4v) is 3.85. The topological polar surface area (TPSA) is 114 Å². The number of para-hydroxylation sites is 1. The number of aryl methyl sites for hydroxylation is 1. The summed E-state index contributed by atoms with van der Waals surface area (Å²) in [6, 6.07) is 17.7. The Labute approximate surface area is 217 Å². The molecule has 10 heteroatoms. The van der Waals surface area contributed by atoms with Gasteiger partial charge in [-0.25, -0.2) is 9.69 Å². The number of halogens is 1. The van der Waals surface area contributed by atoms with Crippen molar-refractivity contribution in [2.75, 3.05) is 23.9 Å². The van der Waals surface area contributed by atoms with Gasteiger partial charge in [-0.15, -0.1) is 0 Å².